The molecule has 0 atom stereocenters. The lowest BCUT2D eigenvalue weighted by Gasteiger charge is -2.19. The van der Waals surface area contributed by atoms with E-state index in [9.17, 15) is 4.79 Å². The van der Waals surface area contributed by atoms with Crippen LogP contribution in [0.5, 0.6) is 0 Å². The zero-order valence-corrected chi connectivity index (χ0v) is 11.9. The third kappa shape index (κ3) is 2.12. The van der Waals surface area contributed by atoms with Gasteiger partial charge in [0.05, 0.1) is 11.4 Å². The fourth-order valence-corrected chi connectivity index (χ4v) is 2.70. The molecule has 1 heterocycles. The Hall–Kier alpha value is -1.81. The van der Waals surface area contributed by atoms with Crippen LogP contribution in [0.3, 0.4) is 0 Å². The highest BCUT2D eigenvalue weighted by atomic mass is 79.9. The van der Waals surface area contributed by atoms with Gasteiger partial charge < -0.3 is 10.6 Å². The molecule has 2 aromatic carbocycles. The van der Waals surface area contributed by atoms with Gasteiger partial charge >= 0.3 is 0 Å². The van der Waals surface area contributed by atoms with E-state index < -0.39 is 0 Å². The highest BCUT2D eigenvalue weighted by Gasteiger charge is 2.27. The summed E-state index contributed by atoms with van der Waals surface area (Å²) in [5.41, 5.74) is 9.36. The van der Waals surface area contributed by atoms with E-state index in [1.165, 1.54) is 0 Å². The monoisotopic (exact) mass is 316 g/mol. The van der Waals surface area contributed by atoms with Crippen LogP contribution in [0.2, 0.25) is 0 Å². The van der Waals surface area contributed by atoms with E-state index in [-0.39, 0.29) is 5.91 Å². The van der Waals surface area contributed by atoms with Crippen LogP contribution in [-0.2, 0) is 6.42 Å². The molecule has 0 unspecified atom stereocenters. The molecule has 0 radical (unpaired) electrons. The van der Waals surface area contributed by atoms with Crippen molar-refractivity contribution in [3.8, 4) is 0 Å². The van der Waals surface area contributed by atoms with E-state index in [2.05, 4.69) is 15.9 Å². The van der Waals surface area contributed by atoms with E-state index in [0.717, 1.165) is 22.1 Å². The summed E-state index contributed by atoms with van der Waals surface area (Å²) in [6.07, 6.45) is 0.864. The number of hydrogen-bond acceptors (Lipinski definition) is 2. The van der Waals surface area contributed by atoms with Crippen LogP contribution in [0.25, 0.3) is 0 Å². The Bertz CT molecular complexity index is 637. The molecule has 0 fully saturated rings. The standard InChI is InChI=1S/C15H13BrN2O/c16-12-6-4-11(5-7-12)15(19)18-9-8-10-2-1-3-13(17)14(10)18/h1-7H,8-9,17H2. The quantitative estimate of drug-likeness (QED) is 0.821. The average Bonchev–Trinajstić information content (AvgIpc) is 2.84. The Morgan fingerprint density at radius 1 is 1.16 bits per heavy atom. The molecular formula is C15H13BrN2O. The zero-order valence-electron chi connectivity index (χ0n) is 10.3. The van der Waals surface area contributed by atoms with Gasteiger partial charge in [-0.15, -0.1) is 0 Å². The molecule has 1 aliphatic heterocycles. The number of carbonyl (C=O) groups excluding carboxylic acids is 1. The molecule has 0 bridgehead atoms. The molecule has 1 aliphatic rings. The molecule has 0 saturated carbocycles. The fourth-order valence-electron chi connectivity index (χ4n) is 2.44. The first-order valence-corrected chi connectivity index (χ1v) is 6.91. The van der Waals surface area contributed by atoms with Gasteiger partial charge in [-0.2, -0.15) is 0 Å². The van der Waals surface area contributed by atoms with Crippen LogP contribution >= 0.6 is 15.9 Å². The average molecular weight is 317 g/mol. The number of benzene rings is 2. The molecule has 1 amide bonds. The summed E-state index contributed by atoms with van der Waals surface area (Å²) in [7, 11) is 0. The minimum Gasteiger partial charge on any atom is -0.397 e. The van der Waals surface area contributed by atoms with Crippen molar-refractivity contribution in [2.75, 3.05) is 17.2 Å². The predicted molar refractivity (Wildman–Crippen MR) is 80.4 cm³/mol. The topological polar surface area (TPSA) is 46.3 Å². The number of nitrogen functional groups attached to an aromatic ring is 1. The third-order valence-corrected chi connectivity index (χ3v) is 3.89. The van der Waals surface area contributed by atoms with Crippen LogP contribution < -0.4 is 10.6 Å². The number of rotatable bonds is 1. The van der Waals surface area contributed by atoms with Crippen molar-refractivity contribution in [2.45, 2.75) is 6.42 Å². The number of fused-ring (bicyclic) bond motifs is 1. The summed E-state index contributed by atoms with van der Waals surface area (Å²) in [4.78, 5) is 14.3. The number of hydrogen-bond donors (Lipinski definition) is 1. The Kier molecular flexibility index (Phi) is 3.03. The highest BCUT2D eigenvalue weighted by molar-refractivity contribution is 9.10. The maximum absolute atomic E-state index is 12.5. The largest absolute Gasteiger partial charge is 0.397 e. The minimum absolute atomic E-state index is 0.00384. The van der Waals surface area contributed by atoms with Crippen molar-refractivity contribution in [1.29, 1.82) is 0 Å². The van der Waals surface area contributed by atoms with E-state index in [1.54, 1.807) is 4.90 Å². The van der Waals surface area contributed by atoms with E-state index in [1.807, 2.05) is 42.5 Å². The Labute approximate surface area is 120 Å². The molecule has 19 heavy (non-hydrogen) atoms. The van der Waals surface area contributed by atoms with E-state index >= 15 is 0 Å². The molecule has 3 nitrogen and oxygen atoms in total. The second kappa shape index (κ2) is 4.70. The van der Waals surface area contributed by atoms with Gasteiger partial charge in [0.2, 0.25) is 0 Å². The van der Waals surface area contributed by atoms with Gasteiger partial charge in [-0.3, -0.25) is 4.79 Å². The fraction of sp³-hybridized carbons (Fsp3) is 0.133. The Morgan fingerprint density at radius 2 is 1.89 bits per heavy atom. The van der Waals surface area contributed by atoms with Gasteiger partial charge in [0.15, 0.2) is 0 Å². The lowest BCUT2D eigenvalue weighted by Crippen LogP contribution is -2.29. The second-order valence-corrected chi connectivity index (χ2v) is 5.48. The van der Waals surface area contributed by atoms with Crippen LogP contribution in [0.4, 0.5) is 11.4 Å². The zero-order chi connectivity index (χ0) is 13.4. The molecule has 2 N–H and O–H groups in total. The van der Waals surface area contributed by atoms with Crippen LogP contribution in [-0.4, -0.2) is 12.5 Å². The highest BCUT2D eigenvalue weighted by Crippen LogP contribution is 2.34. The first kappa shape index (κ1) is 12.2. The summed E-state index contributed by atoms with van der Waals surface area (Å²) in [6.45, 7) is 0.693. The lowest BCUT2D eigenvalue weighted by molar-refractivity contribution is 0.0989. The normalized spacial score (nSPS) is 13.4. The molecule has 0 saturated heterocycles. The molecular weight excluding hydrogens is 304 g/mol. The second-order valence-electron chi connectivity index (χ2n) is 4.57. The summed E-state index contributed by atoms with van der Waals surface area (Å²) >= 11 is 3.37. The van der Waals surface area contributed by atoms with E-state index in [0.29, 0.717) is 17.8 Å². The third-order valence-electron chi connectivity index (χ3n) is 3.36. The van der Waals surface area contributed by atoms with Crippen LogP contribution in [0.15, 0.2) is 46.9 Å². The van der Waals surface area contributed by atoms with E-state index in [4.69, 9.17) is 5.73 Å². The number of para-hydroxylation sites is 1. The summed E-state index contributed by atoms with van der Waals surface area (Å²) in [5, 5.41) is 0. The van der Waals surface area contributed by atoms with Gasteiger partial charge in [0.25, 0.3) is 5.91 Å². The van der Waals surface area contributed by atoms with Gasteiger partial charge in [-0.05, 0) is 42.3 Å². The molecule has 4 heteroatoms. The summed E-state index contributed by atoms with van der Waals surface area (Å²) < 4.78 is 0.963. The van der Waals surface area contributed by atoms with Crippen molar-refractivity contribution in [1.82, 2.24) is 0 Å². The maximum atomic E-state index is 12.5. The molecule has 0 aromatic heterocycles. The molecule has 0 spiro atoms. The maximum Gasteiger partial charge on any atom is 0.258 e. The number of amides is 1. The summed E-state index contributed by atoms with van der Waals surface area (Å²) in [5.74, 6) is 0.00384. The van der Waals surface area contributed by atoms with Crippen LogP contribution in [0, 0.1) is 0 Å². The number of carbonyl (C=O) groups is 1. The van der Waals surface area contributed by atoms with Crippen molar-refractivity contribution >= 4 is 33.2 Å². The Morgan fingerprint density at radius 3 is 2.63 bits per heavy atom. The number of nitrogens with two attached hydrogens (primary N) is 1. The lowest BCUT2D eigenvalue weighted by atomic mass is 10.1. The van der Waals surface area contributed by atoms with Crippen LogP contribution in [0.1, 0.15) is 15.9 Å². The predicted octanol–water partition coefficient (Wildman–Crippen LogP) is 3.23. The van der Waals surface area contributed by atoms with Gasteiger partial charge in [-0.1, -0.05) is 28.1 Å². The first-order valence-electron chi connectivity index (χ1n) is 6.11. The van der Waals surface area contributed by atoms with Gasteiger partial charge in [-0.25, -0.2) is 0 Å². The van der Waals surface area contributed by atoms with Crippen molar-refractivity contribution in [3.63, 3.8) is 0 Å². The first-order chi connectivity index (χ1) is 9.16. The SMILES string of the molecule is Nc1cccc2c1N(C(=O)c1ccc(Br)cc1)CC2. The number of nitrogens with zero attached hydrogens (tertiary/aromatic N) is 1. The molecule has 3 rings (SSSR count). The molecule has 96 valence electrons. The van der Waals surface area contributed by atoms with Crippen molar-refractivity contribution in [2.24, 2.45) is 0 Å². The smallest absolute Gasteiger partial charge is 0.258 e. The summed E-state index contributed by atoms with van der Waals surface area (Å²) in [6, 6.07) is 13.2. The van der Waals surface area contributed by atoms with Crippen molar-refractivity contribution in [3.05, 3.63) is 58.1 Å². The van der Waals surface area contributed by atoms with Crippen molar-refractivity contribution < 1.29 is 4.79 Å². The molecule has 2 aromatic rings. The van der Waals surface area contributed by atoms with Gasteiger partial charge in [0, 0.05) is 16.6 Å². The number of halogens is 1. The van der Waals surface area contributed by atoms with Gasteiger partial charge in [0.1, 0.15) is 0 Å². The minimum atomic E-state index is 0.00384. The molecule has 0 aliphatic carbocycles. The number of anilines is 2. The Balaban J connectivity index is 1.98.